The van der Waals surface area contributed by atoms with E-state index in [0.717, 1.165) is 4.88 Å². The highest BCUT2D eigenvalue weighted by Crippen LogP contribution is 2.36. The predicted octanol–water partition coefficient (Wildman–Crippen LogP) is 2.40. The second-order valence-electron chi connectivity index (χ2n) is 5.72. The summed E-state index contributed by atoms with van der Waals surface area (Å²) in [5.74, 6) is 0.0378. The van der Waals surface area contributed by atoms with Gasteiger partial charge in [-0.3, -0.25) is 4.79 Å². The molecule has 2 aromatic rings. The van der Waals surface area contributed by atoms with E-state index in [4.69, 9.17) is 9.47 Å². The minimum Gasteiger partial charge on any atom is -0.495 e. The number of benzene rings is 1. The lowest BCUT2D eigenvalue weighted by Crippen LogP contribution is -2.26. The molecule has 0 aliphatic carbocycles. The van der Waals surface area contributed by atoms with Crippen molar-refractivity contribution in [2.24, 2.45) is 0 Å². The lowest BCUT2D eigenvalue weighted by Gasteiger charge is -2.12. The molecular formula is C17H23N3O5S2. The van der Waals surface area contributed by atoms with Crippen LogP contribution in [0.3, 0.4) is 0 Å². The van der Waals surface area contributed by atoms with Crippen LogP contribution in [0.4, 0.5) is 5.13 Å². The summed E-state index contributed by atoms with van der Waals surface area (Å²) >= 11 is 1.28. The fraction of sp³-hybridized carbons (Fsp3) is 0.412. The summed E-state index contributed by atoms with van der Waals surface area (Å²) < 4.78 is 38.1. The number of ether oxygens (including phenoxy) is 2. The Bertz CT molecular complexity index is 909. The first-order valence-electron chi connectivity index (χ1n) is 8.20. The highest BCUT2D eigenvalue weighted by molar-refractivity contribution is 7.89. The topological polar surface area (TPSA) is 107 Å². The highest BCUT2D eigenvalue weighted by atomic mass is 32.2. The maximum Gasteiger partial charge on any atom is 0.244 e. The van der Waals surface area contributed by atoms with Crippen molar-refractivity contribution in [1.29, 1.82) is 0 Å². The number of hydrogen-bond donors (Lipinski definition) is 2. The van der Waals surface area contributed by atoms with E-state index in [-0.39, 0.29) is 23.1 Å². The lowest BCUT2D eigenvalue weighted by atomic mass is 10.1. The van der Waals surface area contributed by atoms with Crippen molar-refractivity contribution in [1.82, 2.24) is 9.71 Å². The van der Waals surface area contributed by atoms with Gasteiger partial charge in [-0.2, -0.15) is 0 Å². The van der Waals surface area contributed by atoms with E-state index in [1.165, 1.54) is 25.4 Å². The highest BCUT2D eigenvalue weighted by Gasteiger charge is 2.21. The van der Waals surface area contributed by atoms with Crippen LogP contribution < -0.4 is 14.8 Å². The number of anilines is 1. The van der Waals surface area contributed by atoms with E-state index < -0.39 is 10.0 Å². The number of hydrogen-bond acceptors (Lipinski definition) is 7. The molecule has 0 saturated heterocycles. The van der Waals surface area contributed by atoms with Gasteiger partial charge in [-0.05, 0) is 37.1 Å². The number of nitrogens with zero attached hydrogens (tertiary/aromatic N) is 1. The Balaban J connectivity index is 2.37. The van der Waals surface area contributed by atoms with E-state index in [1.54, 1.807) is 32.2 Å². The minimum absolute atomic E-state index is 0.0498. The van der Waals surface area contributed by atoms with Crippen LogP contribution in [0.5, 0.6) is 5.75 Å². The molecule has 0 fully saturated rings. The largest absolute Gasteiger partial charge is 0.495 e. The summed E-state index contributed by atoms with van der Waals surface area (Å²) in [6.07, 6.45) is 0.561. The Hall–Kier alpha value is -2.01. The van der Waals surface area contributed by atoms with Crippen LogP contribution in [0.15, 0.2) is 23.1 Å². The predicted molar refractivity (Wildman–Crippen MR) is 105 cm³/mol. The van der Waals surface area contributed by atoms with Crippen LogP contribution in [-0.4, -0.2) is 46.7 Å². The number of nitrogens with one attached hydrogen (secondary N) is 2. The maximum atomic E-state index is 12.7. The molecule has 27 heavy (non-hydrogen) atoms. The molecule has 1 aromatic heterocycles. The molecular weight excluding hydrogens is 390 g/mol. The summed E-state index contributed by atoms with van der Waals surface area (Å²) in [6.45, 7) is 3.93. The normalized spacial score (nSPS) is 11.4. The first-order valence-corrected chi connectivity index (χ1v) is 10.5. The fourth-order valence-corrected chi connectivity index (χ4v) is 4.67. The van der Waals surface area contributed by atoms with Crippen molar-refractivity contribution >= 4 is 32.4 Å². The standard InChI is InChI=1S/C17H23N3O5S2/c1-11-16(26-17(19-11)20-12(2)21)13-6-7-14(25-4)15(10-13)27(22,23)18-8-5-9-24-3/h6-7,10,18H,5,8-9H2,1-4H3,(H,19,20,21). The van der Waals surface area contributed by atoms with Crippen LogP contribution >= 0.6 is 11.3 Å². The fourth-order valence-electron chi connectivity index (χ4n) is 2.40. The third kappa shape index (κ3) is 5.48. The Morgan fingerprint density at radius 1 is 1.30 bits per heavy atom. The smallest absolute Gasteiger partial charge is 0.244 e. The summed E-state index contributed by atoms with van der Waals surface area (Å²) in [4.78, 5) is 16.4. The van der Waals surface area contributed by atoms with Crippen molar-refractivity contribution in [3.8, 4) is 16.2 Å². The van der Waals surface area contributed by atoms with Gasteiger partial charge in [0.15, 0.2) is 5.13 Å². The van der Waals surface area contributed by atoms with Crippen LogP contribution in [0.1, 0.15) is 19.0 Å². The Labute approximate surface area is 163 Å². The minimum atomic E-state index is -3.76. The van der Waals surface area contributed by atoms with E-state index in [9.17, 15) is 13.2 Å². The van der Waals surface area contributed by atoms with Gasteiger partial charge in [0.25, 0.3) is 0 Å². The number of aryl methyl sites for hydroxylation is 1. The second kappa shape index (κ2) is 9.27. The van der Waals surface area contributed by atoms with Crippen molar-refractivity contribution < 1.29 is 22.7 Å². The molecule has 0 aliphatic heterocycles. The van der Waals surface area contributed by atoms with Gasteiger partial charge in [0.1, 0.15) is 10.6 Å². The third-order valence-electron chi connectivity index (χ3n) is 3.61. The van der Waals surface area contributed by atoms with Gasteiger partial charge in [-0.15, -0.1) is 0 Å². The zero-order chi connectivity index (χ0) is 20.0. The molecule has 1 heterocycles. The average molecular weight is 414 g/mol. The Kier molecular flexibility index (Phi) is 7.31. The quantitative estimate of drug-likeness (QED) is 0.612. The van der Waals surface area contributed by atoms with Crippen molar-refractivity contribution in [2.45, 2.75) is 25.2 Å². The monoisotopic (exact) mass is 413 g/mol. The Morgan fingerprint density at radius 2 is 2.04 bits per heavy atom. The van der Waals surface area contributed by atoms with Gasteiger partial charge >= 0.3 is 0 Å². The molecule has 2 N–H and O–H groups in total. The Morgan fingerprint density at radius 3 is 2.67 bits per heavy atom. The third-order valence-corrected chi connectivity index (χ3v) is 6.22. The van der Waals surface area contributed by atoms with Gasteiger partial charge < -0.3 is 14.8 Å². The number of rotatable bonds is 9. The summed E-state index contributed by atoms with van der Waals surface area (Å²) in [6, 6.07) is 4.92. The van der Waals surface area contributed by atoms with Crippen LogP contribution in [0.2, 0.25) is 0 Å². The van der Waals surface area contributed by atoms with Crippen molar-refractivity contribution in [3.63, 3.8) is 0 Å². The first-order chi connectivity index (χ1) is 12.8. The SMILES string of the molecule is COCCCNS(=O)(=O)c1cc(-c2sc(NC(C)=O)nc2C)ccc1OC. The number of methoxy groups -OCH3 is 2. The number of sulfonamides is 1. The first kappa shape index (κ1) is 21.3. The van der Waals surface area contributed by atoms with Gasteiger partial charge in [0, 0.05) is 27.2 Å². The molecule has 148 valence electrons. The summed E-state index contributed by atoms with van der Waals surface area (Å²) in [7, 11) is -0.770. The van der Waals surface area contributed by atoms with Gasteiger partial charge in [-0.25, -0.2) is 18.1 Å². The molecule has 8 nitrogen and oxygen atoms in total. The average Bonchev–Trinajstić information content (AvgIpc) is 2.97. The van der Waals surface area contributed by atoms with Crippen LogP contribution in [0.25, 0.3) is 10.4 Å². The molecule has 1 aromatic carbocycles. The maximum absolute atomic E-state index is 12.7. The molecule has 0 radical (unpaired) electrons. The zero-order valence-corrected chi connectivity index (χ0v) is 17.3. The van der Waals surface area contributed by atoms with Crippen molar-refractivity contribution in [3.05, 3.63) is 23.9 Å². The van der Waals surface area contributed by atoms with Gasteiger partial charge in [0.05, 0.1) is 17.7 Å². The van der Waals surface area contributed by atoms with Gasteiger partial charge in [-0.1, -0.05) is 11.3 Å². The summed E-state index contributed by atoms with van der Waals surface area (Å²) in [5, 5.41) is 3.11. The molecule has 1 amide bonds. The number of thiazole rings is 1. The number of carbonyl (C=O) groups is 1. The van der Waals surface area contributed by atoms with E-state index in [0.29, 0.717) is 29.4 Å². The molecule has 0 saturated carbocycles. The van der Waals surface area contributed by atoms with Gasteiger partial charge in [0.2, 0.25) is 15.9 Å². The second-order valence-corrected chi connectivity index (χ2v) is 8.46. The molecule has 0 atom stereocenters. The van der Waals surface area contributed by atoms with E-state index in [1.807, 2.05) is 0 Å². The van der Waals surface area contributed by atoms with E-state index in [2.05, 4.69) is 15.0 Å². The van der Waals surface area contributed by atoms with Crippen molar-refractivity contribution in [2.75, 3.05) is 32.7 Å². The van der Waals surface area contributed by atoms with E-state index >= 15 is 0 Å². The molecule has 0 aliphatic rings. The van der Waals surface area contributed by atoms with Crippen LogP contribution in [-0.2, 0) is 19.6 Å². The molecule has 0 bridgehead atoms. The zero-order valence-electron chi connectivity index (χ0n) is 15.7. The number of aromatic nitrogens is 1. The number of amides is 1. The molecule has 2 rings (SSSR count). The summed E-state index contributed by atoms with van der Waals surface area (Å²) in [5.41, 5.74) is 1.38. The lowest BCUT2D eigenvalue weighted by molar-refractivity contribution is -0.114. The number of carbonyl (C=O) groups excluding carboxylic acids is 1. The molecule has 0 unspecified atom stereocenters. The molecule has 10 heteroatoms. The molecule has 0 spiro atoms. The van der Waals surface area contributed by atoms with Crippen LogP contribution in [0, 0.1) is 6.92 Å².